The highest BCUT2D eigenvalue weighted by Gasteiger charge is 2.11. The number of hydrogen-bond donors (Lipinski definition) is 1. The van der Waals surface area contributed by atoms with Gasteiger partial charge in [-0.3, -0.25) is 4.40 Å². The highest BCUT2D eigenvalue weighted by atomic mass is 79.9. The molecule has 104 valence electrons. The number of aromatic nitrogens is 2. The van der Waals surface area contributed by atoms with Crippen molar-refractivity contribution in [3.05, 3.63) is 64.9 Å². The Morgan fingerprint density at radius 3 is 2.67 bits per heavy atom. The number of pyridine rings is 1. The van der Waals surface area contributed by atoms with E-state index in [1.165, 1.54) is 0 Å². The summed E-state index contributed by atoms with van der Waals surface area (Å²) in [6.07, 6.45) is 4.56. The maximum absolute atomic E-state index is 10.8. The molecule has 0 saturated carbocycles. The van der Waals surface area contributed by atoms with Gasteiger partial charge in [-0.15, -0.1) is 0 Å². The fraction of sp³-hybridized carbons (Fsp3) is 0. The first-order chi connectivity index (χ1) is 10.1. The lowest BCUT2D eigenvalue weighted by atomic mass is 10.1. The van der Waals surface area contributed by atoms with Crippen LogP contribution in [0.3, 0.4) is 0 Å². The summed E-state index contributed by atoms with van der Waals surface area (Å²) in [6.45, 7) is 0. The van der Waals surface area contributed by atoms with E-state index in [0.717, 1.165) is 33.1 Å². The van der Waals surface area contributed by atoms with Gasteiger partial charge in [-0.05, 0) is 30.3 Å². The Labute approximate surface area is 129 Å². The van der Waals surface area contributed by atoms with Crippen molar-refractivity contribution >= 4 is 33.6 Å². The van der Waals surface area contributed by atoms with Gasteiger partial charge >= 0.3 is 5.97 Å². The monoisotopic (exact) mass is 342 g/mol. The van der Waals surface area contributed by atoms with Crippen LogP contribution in [-0.4, -0.2) is 20.5 Å². The molecule has 21 heavy (non-hydrogen) atoms. The lowest BCUT2D eigenvalue weighted by molar-refractivity contribution is -0.131. The lowest BCUT2D eigenvalue weighted by Crippen LogP contribution is -1.90. The maximum Gasteiger partial charge on any atom is 0.328 e. The van der Waals surface area contributed by atoms with E-state index >= 15 is 0 Å². The van der Waals surface area contributed by atoms with Crippen LogP contribution in [0.4, 0.5) is 0 Å². The molecule has 0 aliphatic rings. The van der Waals surface area contributed by atoms with Crippen molar-refractivity contribution in [2.75, 3.05) is 0 Å². The van der Waals surface area contributed by atoms with Crippen LogP contribution in [0, 0.1) is 0 Å². The molecule has 4 nitrogen and oxygen atoms in total. The molecule has 2 heterocycles. The van der Waals surface area contributed by atoms with Crippen LogP contribution < -0.4 is 0 Å². The Bertz CT molecular complexity index is 835. The molecule has 0 saturated heterocycles. The van der Waals surface area contributed by atoms with Crippen LogP contribution in [0.15, 0.2) is 59.2 Å². The van der Waals surface area contributed by atoms with Crippen LogP contribution in [0.25, 0.3) is 23.0 Å². The van der Waals surface area contributed by atoms with E-state index in [1.54, 1.807) is 6.08 Å². The number of fused-ring (bicyclic) bond motifs is 1. The van der Waals surface area contributed by atoms with Gasteiger partial charge in [-0.1, -0.05) is 34.1 Å². The number of halogens is 1. The molecule has 0 bridgehead atoms. The van der Waals surface area contributed by atoms with Gasteiger partial charge in [-0.2, -0.15) is 0 Å². The van der Waals surface area contributed by atoms with Crippen molar-refractivity contribution in [1.82, 2.24) is 9.38 Å². The van der Waals surface area contributed by atoms with Crippen LogP contribution in [0.2, 0.25) is 0 Å². The molecule has 0 amide bonds. The first-order valence-corrected chi connectivity index (χ1v) is 7.08. The number of benzene rings is 1. The Morgan fingerprint density at radius 2 is 1.95 bits per heavy atom. The minimum atomic E-state index is -0.984. The molecule has 0 spiro atoms. The number of rotatable bonds is 3. The highest BCUT2D eigenvalue weighted by Crippen LogP contribution is 2.26. The number of carboxylic acid groups (broad SMARTS) is 1. The standard InChI is InChI=1S/C16H11BrN2O2/c17-12-6-4-11(5-7-12)16-13(8-9-15(20)21)19-10-2-1-3-14(19)18-16/h1-10H,(H,20,21). The molecule has 3 rings (SSSR count). The smallest absolute Gasteiger partial charge is 0.328 e. The zero-order valence-electron chi connectivity index (χ0n) is 10.9. The second-order valence-electron chi connectivity index (χ2n) is 4.45. The van der Waals surface area contributed by atoms with Crippen LogP contribution in [0.1, 0.15) is 5.69 Å². The van der Waals surface area contributed by atoms with Gasteiger partial charge in [-0.25, -0.2) is 9.78 Å². The van der Waals surface area contributed by atoms with Gasteiger partial charge in [0, 0.05) is 22.3 Å². The SMILES string of the molecule is O=C(O)C=Cc1c(-c2ccc(Br)cc2)nc2ccccn12. The van der Waals surface area contributed by atoms with Gasteiger partial charge in [0.2, 0.25) is 0 Å². The molecule has 5 heteroatoms. The molecule has 1 aromatic carbocycles. The third-order valence-corrected chi connectivity index (χ3v) is 3.60. The molecule has 3 aromatic rings. The van der Waals surface area contributed by atoms with E-state index in [4.69, 9.17) is 5.11 Å². The summed E-state index contributed by atoms with van der Waals surface area (Å²) in [7, 11) is 0. The van der Waals surface area contributed by atoms with Crippen molar-refractivity contribution in [2.24, 2.45) is 0 Å². The number of hydrogen-bond acceptors (Lipinski definition) is 2. The summed E-state index contributed by atoms with van der Waals surface area (Å²) in [6, 6.07) is 13.4. The van der Waals surface area contributed by atoms with E-state index in [2.05, 4.69) is 20.9 Å². The highest BCUT2D eigenvalue weighted by molar-refractivity contribution is 9.10. The Hall–Kier alpha value is -2.40. The minimum absolute atomic E-state index is 0.746. The Balaban J connectivity index is 2.23. The Kier molecular flexibility index (Phi) is 3.58. The van der Waals surface area contributed by atoms with Gasteiger partial charge in [0.1, 0.15) is 5.65 Å². The van der Waals surface area contributed by atoms with Crippen LogP contribution >= 0.6 is 15.9 Å². The molecular weight excluding hydrogens is 332 g/mol. The summed E-state index contributed by atoms with van der Waals surface area (Å²) in [4.78, 5) is 15.4. The fourth-order valence-electron chi connectivity index (χ4n) is 2.14. The van der Waals surface area contributed by atoms with E-state index in [-0.39, 0.29) is 0 Å². The third-order valence-electron chi connectivity index (χ3n) is 3.07. The number of carboxylic acids is 1. The summed E-state index contributed by atoms with van der Waals surface area (Å²) in [5.41, 5.74) is 3.22. The zero-order valence-corrected chi connectivity index (χ0v) is 12.5. The number of nitrogens with zero attached hydrogens (tertiary/aromatic N) is 2. The maximum atomic E-state index is 10.8. The molecular formula is C16H11BrN2O2. The molecule has 0 aliphatic carbocycles. The summed E-state index contributed by atoms with van der Waals surface area (Å²) >= 11 is 3.40. The van der Waals surface area contributed by atoms with E-state index in [9.17, 15) is 4.79 Å². The van der Waals surface area contributed by atoms with Gasteiger partial charge in [0.25, 0.3) is 0 Å². The topological polar surface area (TPSA) is 54.6 Å². The van der Waals surface area contributed by atoms with E-state index < -0.39 is 5.97 Å². The molecule has 0 aliphatic heterocycles. The fourth-order valence-corrected chi connectivity index (χ4v) is 2.41. The second-order valence-corrected chi connectivity index (χ2v) is 5.37. The average molecular weight is 343 g/mol. The van der Waals surface area contributed by atoms with Crippen molar-refractivity contribution in [3.8, 4) is 11.3 Å². The number of carbonyl (C=O) groups is 1. The molecule has 0 radical (unpaired) electrons. The predicted octanol–water partition coefficient (Wildman–Crippen LogP) is 3.86. The third kappa shape index (κ3) is 2.73. The van der Waals surface area contributed by atoms with Crippen LogP contribution in [-0.2, 0) is 4.79 Å². The van der Waals surface area contributed by atoms with Crippen molar-refractivity contribution in [1.29, 1.82) is 0 Å². The minimum Gasteiger partial charge on any atom is -0.478 e. The Morgan fingerprint density at radius 1 is 1.19 bits per heavy atom. The number of aliphatic carboxylic acids is 1. The molecule has 0 fully saturated rings. The van der Waals surface area contributed by atoms with Gasteiger partial charge in [0.15, 0.2) is 0 Å². The van der Waals surface area contributed by atoms with E-state index in [0.29, 0.717) is 0 Å². The molecule has 0 atom stereocenters. The van der Waals surface area contributed by atoms with Crippen molar-refractivity contribution in [2.45, 2.75) is 0 Å². The average Bonchev–Trinajstić information content (AvgIpc) is 2.84. The second kappa shape index (κ2) is 5.54. The van der Waals surface area contributed by atoms with Crippen molar-refractivity contribution in [3.63, 3.8) is 0 Å². The van der Waals surface area contributed by atoms with Crippen molar-refractivity contribution < 1.29 is 9.90 Å². The predicted molar refractivity (Wildman–Crippen MR) is 85.0 cm³/mol. The van der Waals surface area contributed by atoms with Gasteiger partial charge < -0.3 is 5.11 Å². The first-order valence-electron chi connectivity index (χ1n) is 6.29. The molecule has 1 N–H and O–H groups in total. The summed E-state index contributed by atoms with van der Waals surface area (Å²) in [5, 5.41) is 8.86. The number of imidazole rings is 1. The summed E-state index contributed by atoms with van der Waals surface area (Å²) in [5.74, 6) is -0.984. The first kappa shape index (κ1) is 13.6. The quantitative estimate of drug-likeness (QED) is 0.735. The van der Waals surface area contributed by atoms with E-state index in [1.807, 2.05) is 53.1 Å². The molecule has 2 aromatic heterocycles. The molecule has 0 unspecified atom stereocenters. The largest absolute Gasteiger partial charge is 0.478 e. The van der Waals surface area contributed by atoms with Gasteiger partial charge in [0.05, 0.1) is 11.4 Å². The zero-order chi connectivity index (χ0) is 14.8. The lowest BCUT2D eigenvalue weighted by Gasteiger charge is -2.00. The van der Waals surface area contributed by atoms with Crippen LogP contribution in [0.5, 0.6) is 0 Å². The normalized spacial score (nSPS) is 11.3. The summed E-state index contributed by atoms with van der Waals surface area (Å²) < 4.78 is 2.86.